The van der Waals surface area contributed by atoms with Gasteiger partial charge in [-0.05, 0) is 6.42 Å². The number of rotatable bonds is 4. The Balaban J connectivity index is 3.46. The van der Waals surface area contributed by atoms with Crippen molar-refractivity contribution in [2.75, 3.05) is 0 Å². The van der Waals surface area contributed by atoms with E-state index in [-0.39, 0.29) is 5.44 Å². The number of aliphatic hydroxyl groups is 1. The highest BCUT2D eigenvalue weighted by Crippen LogP contribution is 2.22. The Bertz CT molecular complexity index is 85.7. The fourth-order valence-corrected chi connectivity index (χ4v) is 1.58. The smallest absolute Gasteiger partial charge is 0.0993 e. The maximum atomic E-state index is 9.21. The highest BCUT2D eigenvalue weighted by molar-refractivity contribution is 8.01. The molecule has 1 nitrogen and oxygen atoms in total. The lowest BCUT2D eigenvalue weighted by molar-refractivity contribution is 0.258. The van der Waals surface area contributed by atoms with Crippen molar-refractivity contribution in [1.29, 1.82) is 0 Å². The summed E-state index contributed by atoms with van der Waals surface area (Å²) in [6.07, 6.45) is 0.815. The second-order valence-electron chi connectivity index (χ2n) is 2.44. The minimum atomic E-state index is -0.218. The highest BCUT2D eigenvalue weighted by Gasteiger charge is 2.12. The summed E-state index contributed by atoms with van der Waals surface area (Å²) >= 11 is 5.86. The molecule has 0 amide bonds. The third-order valence-corrected chi connectivity index (χ3v) is 3.53. The summed E-state index contributed by atoms with van der Waals surface area (Å²) in [7, 11) is 0. The minimum Gasteiger partial charge on any atom is -0.382 e. The first-order valence-electron chi connectivity index (χ1n) is 3.59. The Morgan fingerprint density at radius 1 is 1.50 bits per heavy atom. The third-order valence-electron chi connectivity index (χ3n) is 1.40. The maximum Gasteiger partial charge on any atom is 0.0993 e. The van der Waals surface area contributed by atoms with E-state index >= 15 is 0 Å². The lowest BCUT2D eigenvalue weighted by Gasteiger charge is -2.17. The van der Waals surface area contributed by atoms with Crippen LogP contribution in [0.25, 0.3) is 0 Å². The summed E-state index contributed by atoms with van der Waals surface area (Å²) in [4.78, 5) is 0. The maximum absolute atomic E-state index is 9.21. The fraction of sp³-hybridized carbons (Fsp3) is 1.00. The molecular weight excluding hydrogens is 164 g/mol. The second-order valence-corrected chi connectivity index (χ2v) is 4.82. The predicted molar refractivity (Wildman–Crippen MR) is 51.8 cm³/mol. The van der Waals surface area contributed by atoms with Gasteiger partial charge in [-0.3, -0.25) is 0 Å². The van der Waals surface area contributed by atoms with E-state index < -0.39 is 0 Å². The van der Waals surface area contributed by atoms with Gasteiger partial charge in [0, 0.05) is 10.5 Å². The number of thiol groups is 1. The van der Waals surface area contributed by atoms with Crippen molar-refractivity contribution in [3.05, 3.63) is 0 Å². The van der Waals surface area contributed by atoms with Gasteiger partial charge in [-0.2, -0.15) is 12.6 Å². The van der Waals surface area contributed by atoms with Crippen LogP contribution in [0.5, 0.6) is 0 Å². The topological polar surface area (TPSA) is 20.2 Å². The molecule has 0 aliphatic heterocycles. The molecule has 0 saturated heterocycles. The monoisotopic (exact) mass is 180 g/mol. The fourth-order valence-electron chi connectivity index (χ4n) is 0.458. The van der Waals surface area contributed by atoms with E-state index in [1.165, 1.54) is 0 Å². The first-order chi connectivity index (χ1) is 4.57. The van der Waals surface area contributed by atoms with Crippen molar-refractivity contribution in [2.24, 2.45) is 0 Å². The number of thioether (sulfide) groups is 1. The molecule has 62 valence electrons. The molecule has 0 bridgehead atoms. The molecule has 0 fully saturated rings. The van der Waals surface area contributed by atoms with Gasteiger partial charge in [0.15, 0.2) is 0 Å². The molecule has 0 aromatic rings. The van der Waals surface area contributed by atoms with Crippen molar-refractivity contribution < 1.29 is 5.11 Å². The summed E-state index contributed by atoms with van der Waals surface area (Å²) < 4.78 is 0. The summed E-state index contributed by atoms with van der Waals surface area (Å²) in [6, 6.07) is 0. The van der Waals surface area contributed by atoms with Crippen LogP contribution in [0.1, 0.15) is 27.2 Å². The summed E-state index contributed by atoms with van der Waals surface area (Å²) in [5, 5.41) is 9.99. The molecule has 1 N–H and O–H groups in total. The molecule has 3 atom stereocenters. The lowest BCUT2D eigenvalue weighted by atomic mass is 10.4. The van der Waals surface area contributed by atoms with Gasteiger partial charge in [0.05, 0.1) is 5.44 Å². The van der Waals surface area contributed by atoms with Gasteiger partial charge in [-0.1, -0.05) is 20.8 Å². The first kappa shape index (κ1) is 10.7. The number of hydrogen-bond donors (Lipinski definition) is 2. The molecule has 0 aromatic heterocycles. The quantitative estimate of drug-likeness (QED) is 0.511. The average Bonchev–Trinajstić information content (AvgIpc) is 1.87. The second kappa shape index (κ2) is 5.33. The van der Waals surface area contributed by atoms with Gasteiger partial charge >= 0.3 is 0 Å². The summed E-state index contributed by atoms with van der Waals surface area (Å²) in [6.45, 7) is 6.11. The lowest BCUT2D eigenvalue weighted by Crippen LogP contribution is -2.14. The van der Waals surface area contributed by atoms with Crippen molar-refractivity contribution in [3.63, 3.8) is 0 Å². The van der Waals surface area contributed by atoms with Gasteiger partial charge < -0.3 is 5.11 Å². The minimum absolute atomic E-state index is 0.218. The molecule has 0 aliphatic carbocycles. The first-order valence-corrected chi connectivity index (χ1v) is 5.05. The Morgan fingerprint density at radius 2 is 2.00 bits per heavy atom. The van der Waals surface area contributed by atoms with Gasteiger partial charge in [0.1, 0.15) is 0 Å². The van der Waals surface area contributed by atoms with Crippen LogP contribution in [0.3, 0.4) is 0 Å². The molecule has 0 aromatic carbocycles. The van der Waals surface area contributed by atoms with Gasteiger partial charge in [0.25, 0.3) is 0 Å². The Hall–Kier alpha value is 0.660. The molecule has 0 rings (SSSR count). The standard InChI is InChI=1S/C7H16OS2/c1-4-7(8)10-6(3)5(2)9/h5-9H,4H2,1-3H3. The van der Waals surface area contributed by atoms with Crippen LogP contribution in [-0.4, -0.2) is 21.0 Å². The zero-order chi connectivity index (χ0) is 8.15. The summed E-state index contributed by atoms with van der Waals surface area (Å²) in [5.41, 5.74) is -0.218. The Kier molecular flexibility index (Phi) is 5.68. The van der Waals surface area contributed by atoms with Crippen molar-refractivity contribution in [2.45, 2.75) is 43.1 Å². The molecule has 3 unspecified atom stereocenters. The Morgan fingerprint density at radius 3 is 2.30 bits per heavy atom. The van der Waals surface area contributed by atoms with E-state index in [4.69, 9.17) is 0 Å². The molecule has 3 heteroatoms. The van der Waals surface area contributed by atoms with Crippen molar-refractivity contribution >= 4 is 24.4 Å². The third kappa shape index (κ3) is 4.47. The number of hydrogen-bond acceptors (Lipinski definition) is 3. The molecular formula is C7H16OS2. The van der Waals surface area contributed by atoms with Crippen LogP contribution < -0.4 is 0 Å². The van der Waals surface area contributed by atoms with E-state index in [0.29, 0.717) is 10.5 Å². The predicted octanol–water partition coefficient (Wildman–Crippen LogP) is 2.15. The van der Waals surface area contributed by atoms with Crippen LogP contribution in [0.4, 0.5) is 0 Å². The van der Waals surface area contributed by atoms with E-state index in [1.54, 1.807) is 11.8 Å². The zero-order valence-electron chi connectivity index (χ0n) is 6.74. The number of aliphatic hydroxyl groups excluding tert-OH is 1. The Labute approximate surface area is 73.0 Å². The van der Waals surface area contributed by atoms with Crippen LogP contribution in [0, 0.1) is 0 Å². The highest BCUT2D eigenvalue weighted by atomic mass is 32.2. The largest absolute Gasteiger partial charge is 0.382 e. The normalized spacial score (nSPS) is 20.1. The SMILES string of the molecule is CCC(O)SC(C)C(C)S. The molecule has 0 heterocycles. The van der Waals surface area contributed by atoms with Gasteiger partial charge in [0.2, 0.25) is 0 Å². The average molecular weight is 180 g/mol. The van der Waals surface area contributed by atoms with Gasteiger partial charge in [-0.15, -0.1) is 11.8 Å². The molecule has 0 radical (unpaired) electrons. The van der Waals surface area contributed by atoms with Crippen LogP contribution in [-0.2, 0) is 0 Å². The van der Waals surface area contributed by atoms with Crippen LogP contribution >= 0.6 is 24.4 Å². The molecule has 0 spiro atoms. The van der Waals surface area contributed by atoms with E-state index in [2.05, 4.69) is 19.6 Å². The molecule has 0 aliphatic rings. The molecule has 0 saturated carbocycles. The van der Waals surface area contributed by atoms with Crippen LogP contribution in [0.15, 0.2) is 0 Å². The zero-order valence-corrected chi connectivity index (χ0v) is 8.45. The van der Waals surface area contributed by atoms with E-state index in [0.717, 1.165) is 6.42 Å². The van der Waals surface area contributed by atoms with E-state index in [1.807, 2.05) is 13.8 Å². The van der Waals surface area contributed by atoms with E-state index in [9.17, 15) is 5.11 Å². The molecule has 10 heavy (non-hydrogen) atoms. The van der Waals surface area contributed by atoms with Crippen molar-refractivity contribution in [3.8, 4) is 0 Å². The van der Waals surface area contributed by atoms with Gasteiger partial charge in [-0.25, -0.2) is 0 Å². The van der Waals surface area contributed by atoms with Crippen molar-refractivity contribution in [1.82, 2.24) is 0 Å². The van der Waals surface area contributed by atoms with Crippen LogP contribution in [0.2, 0.25) is 0 Å². The summed E-state index contributed by atoms with van der Waals surface area (Å²) in [5.74, 6) is 0.